The maximum Gasteiger partial charge on any atom is 0.308 e. The molecule has 0 aliphatic rings. The van der Waals surface area contributed by atoms with Gasteiger partial charge in [0.05, 0.1) is 12.5 Å². The highest BCUT2D eigenvalue weighted by Crippen LogP contribution is 1.93. The smallest absolute Gasteiger partial charge is 0.308 e. The summed E-state index contributed by atoms with van der Waals surface area (Å²) >= 11 is 0. The van der Waals surface area contributed by atoms with Gasteiger partial charge in [0.1, 0.15) is 0 Å². The Morgan fingerprint density at radius 2 is 1.79 bits per heavy atom. The molecule has 0 amide bonds. The van der Waals surface area contributed by atoms with Crippen molar-refractivity contribution in [3.05, 3.63) is 0 Å². The minimum absolute atomic E-state index is 0.00921. The number of aliphatic carboxylic acids is 1. The van der Waals surface area contributed by atoms with E-state index in [1.54, 1.807) is 6.92 Å². The van der Waals surface area contributed by atoms with Crippen molar-refractivity contribution in [2.75, 3.05) is 6.61 Å². The standard InChI is InChI=1S/C6H12O2.C4H8O2/c1-4-8-6(7)5(2)3;1-2-3-4(5)6/h5H,4H2,1-3H3;2-3H2,1H3,(H,5,6). The lowest BCUT2D eigenvalue weighted by Crippen LogP contribution is -2.10. The van der Waals surface area contributed by atoms with Crippen LogP contribution >= 0.6 is 0 Å². The van der Waals surface area contributed by atoms with Gasteiger partial charge in [0.15, 0.2) is 0 Å². The van der Waals surface area contributed by atoms with Crippen LogP contribution < -0.4 is 0 Å². The summed E-state index contributed by atoms with van der Waals surface area (Å²) in [6.45, 7) is 7.77. The molecule has 0 aromatic rings. The van der Waals surface area contributed by atoms with E-state index in [1.165, 1.54) is 0 Å². The first-order chi connectivity index (χ1) is 6.45. The molecule has 0 aliphatic carbocycles. The third kappa shape index (κ3) is 13.5. The Hall–Kier alpha value is -1.06. The Morgan fingerprint density at radius 1 is 1.29 bits per heavy atom. The quantitative estimate of drug-likeness (QED) is 0.712. The number of carboxylic acid groups (broad SMARTS) is 1. The zero-order valence-electron chi connectivity index (χ0n) is 9.37. The van der Waals surface area contributed by atoms with Crippen LogP contribution in [0, 0.1) is 5.92 Å². The summed E-state index contributed by atoms with van der Waals surface area (Å²) in [5, 5.41) is 7.91. The number of carbonyl (C=O) groups is 2. The Morgan fingerprint density at radius 3 is 1.86 bits per heavy atom. The van der Waals surface area contributed by atoms with Crippen LogP contribution in [0.2, 0.25) is 0 Å². The lowest BCUT2D eigenvalue weighted by Gasteiger charge is -2.01. The van der Waals surface area contributed by atoms with Crippen LogP contribution in [0.5, 0.6) is 0 Å². The fourth-order valence-electron chi connectivity index (χ4n) is 0.523. The molecule has 0 rings (SSSR count). The lowest BCUT2D eigenvalue weighted by atomic mass is 10.2. The van der Waals surface area contributed by atoms with Crippen molar-refractivity contribution < 1.29 is 19.4 Å². The highest BCUT2D eigenvalue weighted by Gasteiger charge is 2.04. The van der Waals surface area contributed by atoms with Gasteiger partial charge < -0.3 is 9.84 Å². The first-order valence-electron chi connectivity index (χ1n) is 4.84. The molecule has 0 fully saturated rings. The van der Waals surface area contributed by atoms with Crippen molar-refractivity contribution in [1.82, 2.24) is 0 Å². The Balaban J connectivity index is 0. The van der Waals surface area contributed by atoms with Gasteiger partial charge in [-0.1, -0.05) is 20.8 Å². The molecular weight excluding hydrogens is 184 g/mol. The Labute approximate surface area is 85.3 Å². The van der Waals surface area contributed by atoms with Crippen molar-refractivity contribution in [1.29, 1.82) is 0 Å². The molecule has 0 spiro atoms. The van der Waals surface area contributed by atoms with Crippen molar-refractivity contribution >= 4 is 11.9 Å². The largest absolute Gasteiger partial charge is 0.481 e. The van der Waals surface area contributed by atoms with Gasteiger partial charge in [-0.15, -0.1) is 0 Å². The highest BCUT2D eigenvalue weighted by atomic mass is 16.5. The summed E-state index contributed by atoms with van der Waals surface area (Å²) in [6.07, 6.45) is 1.02. The fourth-order valence-corrected chi connectivity index (χ4v) is 0.523. The van der Waals surface area contributed by atoms with Crippen LogP contribution in [0.25, 0.3) is 0 Å². The molecule has 1 N–H and O–H groups in total. The summed E-state index contributed by atoms with van der Waals surface area (Å²) in [6, 6.07) is 0. The third-order valence-electron chi connectivity index (χ3n) is 1.22. The summed E-state index contributed by atoms with van der Waals surface area (Å²) in [4.78, 5) is 20.1. The van der Waals surface area contributed by atoms with E-state index in [4.69, 9.17) is 5.11 Å². The van der Waals surface area contributed by atoms with E-state index in [2.05, 4.69) is 4.74 Å². The Bertz CT molecular complexity index is 164. The number of hydrogen-bond acceptors (Lipinski definition) is 3. The second-order valence-electron chi connectivity index (χ2n) is 3.05. The first-order valence-corrected chi connectivity index (χ1v) is 4.84. The number of hydrogen-bond donors (Lipinski definition) is 1. The van der Waals surface area contributed by atoms with Crippen LogP contribution in [-0.2, 0) is 14.3 Å². The highest BCUT2D eigenvalue weighted by molar-refractivity contribution is 5.71. The number of esters is 1. The average Bonchev–Trinajstić information content (AvgIpc) is 2.05. The van der Waals surface area contributed by atoms with Gasteiger partial charge in [-0.05, 0) is 13.3 Å². The molecule has 0 aromatic carbocycles. The first kappa shape index (κ1) is 15.4. The van der Waals surface area contributed by atoms with E-state index >= 15 is 0 Å². The van der Waals surface area contributed by atoms with Gasteiger partial charge in [0.25, 0.3) is 0 Å². The molecule has 0 saturated carbocycles. The van der Waals surface area contributed by atoms with E-state index in [-0.39, 0.29) is 11.9 Å². The minimum Gasteiger partial charge on any atom is -0.481 e. The molecule has 0 aromatic heterocycles. The molecule has 14 heavy (non-hydrogen) atoms. The van der Waals surface area contributed by atoms with E-state index in [0.29, 0.717) is 13.0 Å². The van der Waals surface area contributed by atoms with Crippen LogP contribution in [0.4, 0.5) is 0 Å². The maximum absolute atomic E-state index is 10.5. The fraction of sp³-hybridized carbons (Fsp3) is 0.800. The predicted octanol–water partition coefficient (Wildman–Crippen LogP) is 2.08. The van der Waals surface area contributed by atoms with Crippen molar-refractivity contribution in [2.45, 2.75) is 40.5 Å². The summed E-state index contributed by atoms with van der Waals surface area (Å²) in [5.41, 5.74) is 0. The lowest BCUT2D eigenvalue weighted by molar-refractivity contribution is -0.146. The monoisotopic (exact) mass is 204 g/mol. The second kappa shape index (κ2) is 10.0. The van der Waals surface area contributed by atoms with E-state index in [9.17, 15) is 9.59 Å². The molecule has 0 unspecified atom stereocenters. The second-order valence-corrected chi connectivity index (χ2v) is 3.05. The topological polar surface area (TPSA) is 63.6 Å². The molecule has 4 heteroatoms. The zero-order valence-corrected chi connectivity index (χ0v) is 9.37. The summed E-state index contributed by atoms with van der Waals surface area (Å²) in [5.74, 6) is -0.819. The van der Waals surface area contributed by atoms with Crippen molar-refractivity contribution in [3.8, 4) is 0 Å². The van der Waals surface area contributed by atoms with Gasteiger partial charge >= 0.3 is 11.9 Å². The van der Waals surface area contributed by atoms with Crippen LogP contribution in [-0.4, -0.2) is 23.7 Å². The van der Waals surface area contributed by atoms with Crippen LogP contribution in [0.1, 0.15) is 40.5 Å². The summed E-state index contributed by atoms with van der Waals surface area (Å²) in [7, 11) is 0. The average molecular weight is 204 g/mol. The normalized spacial score (nSPS) is 8.93. The SMILES string of the molecule is CCCC(=O)O.CCOC(=O)C(C)C. The van der Waals surface area contributed by atoms with E-state index in [0.717, 1.165) is 6.42 Å². The minimum atomic E-state index is -0.711. The van der Waals surface area contributed by atoms with Crippen molar-refractivity contribution in [3.63, 3.8) is 0 Å². The number of carboxylic acids is 1. The van der Waals surface area contributed by atoms with E-state index in [1.807, 2.05) is 20.8 Å². The maximum atomic E-state index is 10.5. The Kier molecular flexibility index (Phi) is 11.0. The molecule has 0 heterocycles. The van der Waals surface area contributed by atoms with Crippen molar-refractivity contribution in [2.24, 2.45) is 5.92 Å². The molecule has 0 atom stereocenters. The number of ether oxygens (including phenoxy) is 1. The van der Waals surface area contributed by atoms with Crippen LogP contribution in [0.3, 0.4) is 0 Å². The molecular formula is C10H20O4. The van der Waals surface area contributed by atoms with E-state index < -0.39 is 5.97 Å². The van der Waals surface area contributed by atoms with Gasteiger partial charge in [-0.3, -0.25) is 9.59 Å². The molecule has 0 bridgehead atoms. The predicted molar refractivity (Wildman–Crippen MR) is 54.0 cm³/mol. The van der Waals surface area contributed by atoms with Gasteiger partial charge in [-0.25, -0.2) is 0 Å². The zero-order chi connectivity index (χ0) is 11.6. The molecule has 84 valence electrons. The number of carbonyl (C=O) groups excluding carboxylic acids is 1. The van der Waals surface area contributed by atoms with Gasteiger partial charge in [0, 0.05) is 6.42 Å². The third-order valence-corrected chi connectivity index (χ3v) is 1.22. The summed E-state index contributed by atoms with van der Waals surface area (Å²) < 4.78 is 4.66. The number of rotatable bonds is 4. The van der Waals surface area contributed by atoms with Gasteiger partial charge in [0.2, 0.25) is 0 Å². The molecule has 0 saturated heterocycles. The van der Waals surface area contributed by atoms with Crippen LogP contribution in [0.15, 0.2) is 0 Å². The molecule has 4 nitrogen and oxygen atoms in total. The molecule has 0 radical (unpaired) electrons. The van der Waals surface area contributed by atoms with Gasteiger partial charge in [-0.2, -0.15) is 0 Å². The molecule has 0 aliphatic heterocycles.